The second kappa shape index (κ2) is 10.7. The summed E-state index contributed by atoms with van der Waals surface area (Å²) < 4.78 is 13.6. The van der Waals surface area contributed by atoms with Gasteiger partial charge in [-0.2, -0.15) is 0 Å². The van der Waals surface area contributed by atoms with Gasteiger partial charge in [0.05, 0.1) is 0 Å². The third-order valence-electron chi connectivity index (χ3n) is 1.35. The van der Waals surface area contributed by atoms with Crippen LogP contribution in [0.5, 0.6) is 0 Å². The van der Waals surface area contributed by atoms with E-state index >= 15 is 0 Å². The lowest BCUT2D eigenvalue weighted by Crippen LogP contribution is -2.27. The van der Waals surface area contributed by atoms with Crippen LogP contribution in [0, 0.1) is 0 Å². The Morgan fingerprint density at radius 3 is 2.00 bits per heavy atom. The van der Waals surface area contributed by atoms with Gasteiger partial charge in [-0.1, -0.05) is 0 Å². The molecule has 114 valence electrons. The van der Waals surface area contributed by atoms with Crippen LogP contribution in [0.2, 0.25) is 0 Å². The first-order chi connectivity index (χ1) is 8.66. The van der Waals surface area contributed by atoms with E-state index in [1.165, 1.54) is 0 Å². The van der Waals surface area contributed by atoms with E-state index in [9.17, 15) is 9.59 Å². The van der Waals surface area contributed by atoms with Crippen LogP contribution in [0.15, 0.2) is 0 Å². The third kappa shape index (κ3) is 16.8. The topological polar surface area (TPSA) is 102 Å². The molecule has 0 saturated heterocycles. The normalized spacial score (nSPS) is 11.9. The maximum atomic E-state index is 11.2. The smallest absolute Gasteiger partial charge is 0.319 e. The number of rotatable bonds is 5. The average Bonchev–Trinajstić information content (AvgIpc) is 2.14. The summed E-state index contributed by atoms with van der Waals surface area (Å²) in [6.07, 6.45) is -2.03. The fourth-order valence-corrected chi connectivity index (χ4v) is 0.858. The first-order valence-corrected chi connectivity index (χ1v) is 5.76. The fourth-order valence-electron chi connectivity index (χ4n) is 0.858. The number of aliphatic hydroxyl groups excluding tert-OH is 2. The molecule has 0 aliphatic carbocycles. The number of carbonyl (C=O) groups excluding carboxylic acids is 2. The first-order valence-electron chi connectivity index (χ1n) is 5.76. The Hall–Kier alpha value is -1.18. The van der Waals surface area contributed by atoms with Crippen LogP contribution in [-0.2, 0) is 23.8 Å². The number of hydrogen-bond donors (Lipinski definition) is 2. The van der Waals surface area contributed by atoms with Crippen molar-refractivity contribution in [3.05, 3.63) is 0 Å². The molecular weight excluding hydrogens is 256 g/mol. The average molecular weight is 280 g/mol. The summed E-state index contributed by atoms with van der Waals surface area (Å²) in [4.78, 5) is 22.2. The standard InChI is InChI=1S/C10H18O6.C2H6O/c1-10(2,3)16-9(14)6-8(13)15-7(12)4-5-11;1-3-2/h7,11-12H,4-6H2,1-3H3;1-2H3. The van der Waals surface area contributed by atoms with E-state index in [4.69, 9.17) is 14.9 Å². The van der Waals surface area contributed by atoms with Crippen LogP contribution in [0.1, 0.15) is 33.6 Å². The Bertz CT molecular complexity index is 257. The van der Waals surface area contributed by atoms with Gasteiger partial charge in [-0.25, -0.2) is 0 Å². The van der Waals surface area contributed by atoms with Gasteiger partial charge in [-0.05, 0) is 20.8 Å². The number of methoxy groups -OCH3 is 1. The minimum Gasteiger partial charge on any atom is -0.460 e. The molecule has 0 aliphatic rings. The molecule has 0 aromatic heterocycles. The van der Waals surface area contributed by atoms with Crippen LogP contribution in [-0.4, -0.2) is 54.9 Å². The largest absolute Gasteiger partial charge is 0.460 e. The molecular formula is C12H24O7. The van der Waals surface area contributed by atoms with Crippen molar-refractivity contribution in [1.82, 2.24) is 0 Å². The molecule has 2 N–H and O–H groups in total. The zero-order valence-electron chi connectivity index (χ0n) is 12.1. The number of carbonyl (C=O) groups is 2. The van der Waals surface area contributed by atoms with Gasteiger partial charge in [-0.3, -0.25) is 9.59 Å². The van der Waals surface area contributed by atoms with E-state index in [-0.39, 0.29) is 13.0 Å². The quantitative estimate of drug-likeness (QED) is 0.422. The predicted molar refractivity (Wildman–Crippen MR) is 67.2 cm³/mol. The van der Waals surface area contributed by atoms with E-state index in [1.807, 2.05) is 0 Å². The van der Waals surface area contributed by atoms with Crippen molar-refractivity contribution in [1.29, 1.82) is 0 Å². The van der Waals surface area contributed by atoms with Gasteiger partial charge in [0.15, 0.2) is 0 Å². The summed E-state index contributed by atoms with van der Waals surface area (Å²) in [6.45, 7) is 4.73. The molecule has 0 saturated carbocycles. The van der Waals surface area contributed by atoms with E-state index in [0.29, 0.717) is 0 Å². The minimum atomic E-state index is -1.39. The monoisotopic (exact) mass is 280 g/mol. The molecule has 0 aliphatic heterocycles. The maximum absolute atomic E-state index is 11.2. The van der Waals surface area contributed by atoms with E-state index in [1.54, 1.807) is 35.0 Å². The molecule has 7 heteroatoms. The Morgan fingerprint density at radius 1 is 1.16 bits per heavy atom. The maximum Gasteiger partial charge on any atom is 0.319 e. The highest BCUT2D eigenvalue weighted by Gasteiger charge is 2.20. The van der Waals surface area contributed by atoms with Crippen molar-refractivity contribution in [2.24, 2.45) is 0 Å². The molecule has 0 fully saturated rings. The van der Waals surface area contributed by atoms with E-state index in [2.05, 4.69) is 9.47 Å². The van der Waals surface area contributed by atoms with Crippen molar-refractivity contribution in [2.75, 3.05) is 20.8 Å². The molecule has 0 amide bonds. The summed E-state index contributed by atoms with van der Waals surface area (Å²) in [5.74, 6) is -1.59. The Morgan fingerprint density at radius 2 is 1.63 bits per heavy atom. The summed E-state index contributed by atoms with van der Waals surface area (Å²) in [5, 5.41) is 17.5. The lowest BCUT2D eigenvalue weighted by molar-refractivity contribution is -0.175. The first kappa shape index (κ1) is 20.1. The number of aliphatic hydroxyl groups is 2. The summed E-state index contributed by atoms with van der Waals surface area (Å²) in [7, 11) is 3.25. The van der Waals surface area contributed by atoms with E-state index in [0.717, 1.165) is 0 Å². The van der Waals surface area contributed by atoms with Crippen LogP contribution in [0.3, 0.4) is 0 Å². The Balaban J connectivity index is 0. The Kier molecular flexibility index (Phi) is 11.4. The zero-order valence-corrected chi connectivity index (χ0v) is 12.1. The van der Waals surface area contributed by atoms with Gasteiger partial charge in [0.1, 0.15) is 12.0 Å². The molecule has 0 rings (SSSR count). The van der Waals surface area contributed by atoms with Gasteiger partial charge in [0.25, 0.3) is 0 Å². The molecule has 7 nitrogen and oxygen atoms in total. The fraction of sp³-hybridized carbons (Fsp3) is 0.833. The summed E-state index contributed by atoms with van der Waals surface area (Å²) >= 11 is 0. The second-order valence-corrected chi connectivity index (χ2v) is 4.63. The van der Waals surface area contributed by atoms with Crippen LogP contribution < -0.4 is 0 Å². The van der Waals surface area contributed by atoms with Crippen molar-refractivity contribution in [3.8, 4) is 0 Å². The summed E-state index contributed by atoms with van der Waals surface area (Å²) in [6, 6.07) is 0. The molecule has 1 unspecified atom stereocenters. The molecule has 0 bridgehead atoms. The lowest BCUT2D eigenvalue weighted by Gasteiger charge is -2.19. The highest BCUT2D eigenvalue weighted by molar-refractivity contribution is 5.91. The third-order valence-corrected chi connectivity index (χ3v) is 1.35. The number of hydrogen-bond acceptors (Lipinski definition) is 7. The van der Waals surface area contributed by atoms with Gasteiger partial charge in [0.2, 0.25) is 6.29 Å². The molecule has 0 aromatic rings. The minimum absolute atomic E-state index is 0.0833. The Labute approximate surface area is 113 Å². The van der Waals surface area contributed by atoms with Gasteiger partial charge < -0.3 is 24.4 Å². The van der Waals surface area contributed by atoms with Crippen LogP contribution in [0.25, 0.3) is 0 Å². The predicted octanol–water partition coefficient (Wildman–Crippen LogP) is 0.225. The zero-order chi connectivity index (χ0) is 15.5. The van der Waals surface area contributed by atoms with Crippen molar-refractivity contribution >= 4 is 11.9 Å². The van der Waals surface area contributed by atoms with Crippen LogP contribution >= 0.6 is 0 Å². The molecule has 0 heterocycles. The molecule has 0 spiro atoms. The highest BCUT2D eigenvalue weighted by Crippen LogP contribution is 2.08. The number of esters is 2. The van der Waals surface area contributed by atoms with Gasteiger partial charge in [0, 0.05) is 27.2 Å². The van der Waals surface area contributed by atoms with Crippen LogP contribution in [0.4, 0.5) is 0 Å². The van der Waals surface area contributed by atoms with E-state index < -0.39 is 30.3 Å². The molecule has 0 radical (unpaired) electrons. The molecule has 1 atom stereocenters. The highest BCUT2D eigenvalue weighted by atomic mass is 16.6. The lowest BCUT2D eigenvalue weighted by atomic mass is 10.2. The van der Waals surface area contributed by atoms with Crippen molar-refractivity contribution in [2.45, 2.75) is 45.5 Å². The molecule has 0 aromatic carbocycles. The van der Waals surface area contributed by atoms with Gasteiger partial charge in [-0.15, -0.1) is 0 Å². The second-order valence-electron chi connectivity index (χ2n) is 4.63. The van der Waals surface area contributed by atoms with Crippen molar-refractivity contribution in [3.63, 3.8) is 0 Å². The van der Waals surface area contributed by atoms with Gasteiger partial charge >= 0.3 is 11.9 Å². The summed E-state index contributed by atoms with van der Waals surface area (Å²) in [5.41, 5.74) is -0.666. The molecule has 19 heavy (non-hydrogen) atoms. The number of ether oxygens (including phenoxy) is 3. The van der Waals surface area contributed by atoms with Crippen molar-refractivity contribution < 1.29 is 34.0 Å². The SMILES string of the molecule is CC(C)(C)OC(=O)CC(=O)OC(O)CCO.COC.